The predicted molar refractivity (Wildman–Crippen MR) is 184 cm³/mol. The normalized spacial score (nSPS) is 15.1. The van der Waals surface area contributed by atoms with Crippen molar-refractivity contribution in [3.8, 4) is 0 Å². The topological polar surface area (TPSA) is 226 Å². The average molecular weight is 886 g/mol. The molecule has 0 aliphatic heterocycles. The molecule has 1 aromatic rings. The maximum atomic E-state index is 14.2. The number of nitrogens with one attached hydrogen (secondary N) is 2. The standard InChI is InChI=1S/C26H41Br3N5O10PS/c1-2-33(13-10-27)45(41,34(14-11-28)15-12-29)44-16-17-46(42,43)18-21(31-22(35)9-8-20(30)25(37)38)24(36)32-23(26(39)40)19-6-4-3-5-7-19/h3-7,20-21,23H,2,8-18,30H2,1H3,(H,31,35)(H,32,36)(H,37,38)(H,39,40)/t20-,21?,23+,45?/m0/s1. The van der Waals surface area contributed by atoms with Crippen molar-refractivity contribution in [2.45, 2.75) is 37.9 Å². The summed E-state index contributed by atoms with van der Waals surface area (Å²) in [6.45, 7) is 2.69. The number of rotatable bonds is 24. The number of halogens is 3. The first-order valence-corrected chi connectivity index (χ1v) is 20.9. The van der Waals surface area contributed by atoms with E-state index in [1.807, 2.05) is 0 Å². The van der Waals surface area contributed by atoms with Gasteiger partial charge in [-0.15, -0.1) is 0 Å². The third kappa shape index (κ3) is 14.4. The summed E-state index contributed by atoms with van der Waals surface area (Å²) < 4.78 is 49.9. The van der Waals surface area contributed by atoms with E-state index in [0.717, 1.165) is 0 Å². The van der Waals surface area contributed by atoms with Gasteiger partial charge in [-0.05, 0) is 12.0 Å². The van der Waals surface area contributed by atoms with Crippen LogP contribution < -0.4 is 16.4 Å². The second-order valence-electron chi connectivity index (χ2n) is 9.80. The molecule has 0 fully saturated rings. The van der Waals surface area contributed by atoms with E-state index in [4.69, 9.17) is 15.4 Å². The zero-order valence-corrected chi connectivity index (χ0v) is 31.7. The van der Waals surface area contributed by atoms with E-state index in [2.05, 4.69) is 58.4 Å². The Bertz CT molecular complexity index is 1290. The van der Waals surface area contributed by atoms with Gasteiger partial charge in [0.2, 0.25) is 11.8 Å². The molecule has 1 rings (SSSR count). The van der Waals surface area contributed by atoms with Crippen molar-refractivity contribution in [1.29, 1.82) is 0 Å². The summed E-state index contributed by atoms with van der Waals surface area (Å²) in [7, 11) is -7.91. The van der Waals surface area contributed by atoms with Gasteiger partial charge in [0.05, 0.1) is 18.1 Å². The highest BCUT2D eigenvalue weighted by atomic mass is 79.9. The molecule has 4 atom stereocenters. The Kier molecular flexibility index (Phi) is 19.9. The molecule has 0 aliphatic rings. The maximum absolute atomic E-state index is 14.2. The minimum absolute atomic E-state index is 0.202. The molecule has 15 nitrogen and oxygen atoms in total. The highest BCUT2D eigenvalue weighted by Crippen LogP contribution is 2.54. The third-order valence-electron chi connectivity index (χ3n) is 6.50. The number of benzene rings is 1. The first-order chi connectivity index (χ1) is 21.6. The van der Waals surface area contributed by atoms with Crippen LogP contribution in [-0.2, 0) is 38.1 Å². The smallest absolute Gasteiger partial charge is 0.346 e. The first-order valence-electron chi connectivity index (χ1n) is 14.1. The molecule has 0 spiro atoms. The molecule has 6 N–H and O–H groups in total. The quantitative estimate of drug-likeness (QED) is 0.0741. The minimum atomic E-state index is -4.21. The van der Waals surface area contributed by atoms with Gasteiger partial charge in [-0.1, -0.05) is 85.0 Å². The van der Waals surface area contributed by atoms with Crippen LogP contribution in [0.15, 0.2) is 30.3 Å². The Balaban J connectivity index is 3.23. The molecule has 1 aromatic carbocycles. The molecule has 0 bridgehead atoms. The zero-order chi connectivity index (χ0) is 34.9. The highest BCUT2D eigenvalue weighted by Gasteiger charge is 2.38. The average Bonchev–Trinajstić information content (AvgIpc) is 3.00. The number of carbonyl (C=O) groups is 4. The molecule has 0 aliphatic carbocycles. The summed E-state index contributed by atoms with van der Waals surface area (Å²) in [4.78, 5) is 48.9. The van der Waals surface area contributed by atoms with E-state index in [9.17, 15) is 37.3 Å². The largest absolute Gasteiger partial charge is 0.480 e. The van der Waals surface area contributed by atoms with Crippen LogP contribution in [0.2, 0.25) is 0 Å². The van der Waals surface area contributed by atoms with Crippen LogP contribution in [0.1, 0.15) is 31.4 Å². The van der Waals surface area contributed by atoms with Crippen molar-refractivity contribution < 1.29 is 46.9 Å². The third-order valence-corrected chi connectivity index (χ3v) is 12.0. The number of carbonyl (C=O) groups excluding carboxylic acids is 2. The van der Waals surface area contributed by atoms with Crippen LogP contribution >= 0.6 is 55.5 Å². The Morgan fingerprint density at radius 2 is 1.52 bits per heavy atom. The number of hydrogen-bond acceptors (Lipinski definition) is 9. The van der Waals surface area contributed by atoms with E-state index >= 15 is 0 Å². The van der Waals surface area contributed by atoms with Crippen LogP contribution in [0.3, 0.4) is 0 Å². The fourth-order valence-corrected chi connectivity index (χ4v) is 10.0. The van der Waals surface area contributed by atoms with E-state index in [1.54, 1.807) is 34.5 Å². The lowest BCUT2D eigenvalue weighted by atomic mass is 10.1. The zero-order valence-electron chi connectivity index (χ0n) is 25.2. The molecule has 0 aromatic heterocycles. The van der Waals surface area contributed by atoms with Crippen molar-refractivity contribution in [2.75, 3.05) is 60.3 Å². The Morgan fingerprint density at radius 1 is 0.957 bits per heavy atom. The van der Waals surface area contributed by atoms with Crippen molar-refractivity contribution in [3.05, 3.63) is 35.9 Å². The van der Waals surface area contributed by atoms with Gasteiger partial charge < -0.3 is 31.1 Å². The van der Waals surface area contributed by atoms with Crippen molar-refractivity contribution in [1.82, 2.24) is 20.0 Å². The molecule has 262 valence electrons. The fourth-order valence-electron chi connectivity index (χ4n) is 4.12. The van der Waals surface area contributed by atoms with Gasteiger partial charge in [-0.3, -0.25) is 18.9 Å². The molecule has 0 saturated heterocycles. The number of sulfone groups is 1. The lowest BCUT2D eigenvalue weighted by Gasteiger charge is -2.37. The summed E-state index contributed by atoms with van der Waals surface area (Å²) in [5, 5.41) is 24.7. The Labute approximate surface area is 294 Å². The number of alkyl halides is 3. The number of carboxylic acids is 2. The fraction of sp³-hybridized carbons (Fsp3) is 0.615. The second kappa shape index (κ2) is 21.5. The molecular formula is C26H41Br3N5O10PS. The van der Waals surface area contributed by atoms with Gasteiger partial charge in [0, 0.05) is 48.6 Å². The molecule has 20 heteroatoms. The Hall–Kier alpha value is -1.44. The number of hydrogen-bond donors (Lipinski definition) is 5. The number of nitrogens with two attached hydrogens (primary N) is 1. The van der Waals surface area contributed by atoms with Gasteiger partial charge in [-0.25, -0.2) is 22.6 Å². The Morgan fingerprint density at radius 3 is 2.02 bits per heavy atom. The molecular weight excluding hydrogens is 845 g/mol. The summed E-state index contributed by atoms with van der Waals surface area (Å²) in [6.07, 6.45) is -0.739. The summed E-state index contributed by atoms with van der Waals surface area (Å²) in [6, 6.07) is 2.97. The monoisotopic (exact) mass is 883 g/mol. The number of amides is 2. The molecule has 0 saturated carbocycles. The van der Waals surface area contributed by atoms with Crippen LogP contribution in [0.25, 0.3) is 0 Å². The van der Waals surface area contributed by atoms with E-state index in [0.29, 0.717) is 42.2 Å². The number of nitrogens with zero attached hydrogens (tertiary/aromatic N) is 2. The van der Waals surface area contributed by atoms with Crippen molar-refractivity contribution >= 4 is 89.1 Å². The molecule has 0 radical (unpaired) electrons. The first kappa shape index (κ1) is 42.6. The summed E-state index contributed by atoms with van der Waals surface area (Å²) in [5.41, 5.74) is 5.65. The molecule has 2 amide bonds. The van der Waals surface area contributed by atoms with Gasteiger partial charge in [0.15, 0.2) is 15.9 Å². The van der Waals surface area contributed by atoms with Crippen molar-refractivity contribution in [2.24, 2.45) is 5.73 Å². The summed E-state index contributed by atoms with van der Waals surface area (Å²) in [5.74, 6) is -6.37. The second-order valence-corrected chi connectivity index (χ2v) is 16.8. The maximum Gasteiger partial charge on any atom is 0.346 e. The van der Waals surface area contributed by atoms with E-state index < -0.39 is 83.9 Å². The molecule has 0 heterocycles. The minimum Gasteiger partial charge on any atom is -0.480 e. The van der Waals surface area contributed by atoms with Crippen LogP contribution in [0, 0.1) is 0 Å². The van der Waals surface area contributed by atoms with E-state index in [1.165, 1.54) is 12.1 Å². The number of aliphatic carboxylic acids is 2. The molecule has 46 heavy (non-hydrogen) atoms. The van der Waals surface area contributed by atoms with Gasteiger partial charge in [0.1, 0.15) is 12.1 Å². The van der Waals surface area contributed by atoms with Gasteiger partial charge in [0.25, 0.3) is 0 Å². The lowest BCUT2D eigenvalue weighted by molar-refractivity contribution is -0.142. The van der Waals surface area contributed by atoms with E-state index in [-0.39, 0.29) is 12.0 Å². The lowest BCUT2D eigenvalue weighted by Crippen LogP contribution is -2.52. The summed E-state index contributed by atoms with van der Waals surface area (Å²) >= 11 is 10.0. The highest BCUT2D eigenvalue weighted by molar-refractivity contribution is 9.09. The molecule has 2 unspecified atom stereocenters. The SMILES string of the molecule is CCN(CCBr)P(=O)(OCCS(=O)(=O)CC(NC(=O)CC[C@H](N)C(=O)O)C(=O)N[C@@H](C(=O)O)c1ccccc1)N(CCBr)CCBr. The van der Waals surface area contributed by atoms with Crippen LogP contribution in [0.5, 0.6) is 0 Å². The van der Waals surface area contributed by atoms with Crippen LogP contribution in [0.4, 0.5) is 0 Å². The van der Waals surface area contributed by atoms with Gasteiger partial charge in [-0.2, -0.15) is 0 Å². The van der Waals surface area contributed by atoms with Gasteiger partial charge >= 0.3 is 19.6 Å². The predicted octanol–water partition coefficient (Wildman–Crippen LogP) is 1.95. The number of carboxylic acid groups (broad SMARTS) is 2. The van der Waals surface area contributed by atoms with Crippen molar-refractivity contribution in [3.63, 3.8) is 0 Å². The van der Waals surface area contributed by atoms with Crippen LogP contribution in [-0.4, -0.2) is 124 Å².